The topological polar surface area (TPSA) is 42.4 Å². The first kappa shape index (κ1) is 26.7. The van der Waals surface area contributed by atoms with Gasteiger partial charge in [-0.25, -0.2) is 8.78 Å². The lowest BCUT2D eigenvalue weighted by atomic mass is 9.97. The van der Waals surface area contributed by atoms with Crippen molar-refractivity contribution in [3.8, 4) is 0 Å². The fourth-order valence-electron chi connectivity index (χ4n) is 5.02. The van der Waals surface area contributed by atoms with E-state index in [2.05, 4.69) is 10.2 Å². The molecule has 1 aliphatic rings. The second-order valence-corrected chi connectivity index (χ2v) is 9.59. The first-order valence-corrected chi connectivity index (χ1v) is 12.4. The molecule has 0 bridgehead atoms. The van der Waals surface area contributed by atoms with Crippen molar-refractivity contribution in [2.45, 2.75) is 52.4 Å². The average Bonchev–Trinajstić information content (AvgIpc) is 2.87. The lowest BCUT2D eigenvalue weighted by molar-refractivity contribution is 0.0793. The van der Waals surface area contributed by atoms with Gasteiger partial charge in [0.15, 0.2) is 0 Å². The maximum absolute atomic E-state index is 14.2. The van der Waals surface area contributed by atoms with Gasteiger partial charge in [0, 0.05) is 41.6 Å². The molecule has 4 nitrogen and oxygen atoms in total. The minimum atomic E-state index is -2.60. The van der Waals surface area contributed by atoms with Crippen LogP contribution in [-0.2, 0) is 0 Å². The van der Waals surface area contributed by atoms with Crippen LogP contribution in [0.2, 0.25) is 0 Å². The molecule has 3 aromatic rings. The smallest absolute Gasteiger partial charge is 0.316 e. The van der Waals surface area contributed by atoms with Gasteiger partial charge in [0.2, 0.25) is 0 Å². The van der Waals surface area contributed by atoms with Crippen molar-refractivity contribution < 1.29 is 17.6 Å². The van der Waals surface area contributed by atoms with Crippen molar-refractivity contribution in [3.05, 3.63) is 94.6 Å². The van der Waals surface area contributed by atoms with Crippen LogP contribution in [0.5, 0.6) is 0 Å². The summed E-state index contributed by atoms with van der Waals surface area (Å²) >= 11 is 0. The van der Waals surface area contributed by atoms with E-state index < -0.39 is 24.3 Å². The summed E-state index contributed by atoms with van der Waals surface area (Å²) in [5.41, 5.74) is 3.39. The number of halogens is 4. The fourth-order valence-corrected chi connectivity index (χ4v) is 5.02. The van der Waals surface area contributed by atoms with Gasteiger partial charge >= 0.3 is 6.55 Å². The van der Waals surface area contributed by atoms with Crippen LogP contribution in [0, 0.1) is 30.9 Å². The third kappa shape index (κ3) is 5.96. The highest BCUT2D eigenvalue weighted by molar-refractivity contribution is 6.12. The van der Waals surface area contributed by atoms with Crippen LogP contribution in [0.25, 0.3) is 0 Å². The van der Waals surface area contributed by atoms with Gasteiger partial charge in [0.05, 0.1) is 11.9 Å². The van der Waals surface area contributed by atoms with E-state index >= 15 is 0 Å². The summed E-state index contributed by atoms with van der Waals surface area (Å²) in [6.45, 7) is 4.25. The van der Waals surface area contributed by atoms with Crippen molar-refractivity contribution in [1.82, 2.24) is 4.90 Å². The highest BCUT2D eigenvalue weighted by Gasteiger charge is 2.31. The summed E-state index contributed by atoms with van der Waals surface area (Å²) in [5.74, 6) is -1.23. The van der Waals surface area contributed by atoms with Gasteiger partial charge in [-0.1, -0.05) is 24.3 Å². The Labute approximate surface area is 215 Å². The van der Waals surface area contributed by atoms with E-state index in [0.717, 1.165) is 47.9 Å². The van der Waals surface area contributed by atoms with Crippen LogP contribution in [0.3, 0.4) is 0 Å². The van der Waals surface area contributed by atoms with E-state index in [4.69, 9.17) is 5.41 Å². The second kappa shape index (κ2) is 11.3. The molecule has 2 N–H and O–H groups in total. The zero-order chi connectivity index (χ0) is 26.7. The minimum absolute atomic E-state index is 0.0689. The van der Waals surface area contributed by atoms with Gasteiger partial charge in [-0.3, -0.25) is 10.3 Å². The van der Waals surface area contributed by atoms with E-state index in [1.54, 1.807) is 18.2 Å². The molecule has 0 spiro atoms. The van der Waals surface area contributed by atoms with Crippen LogP contribution in [0.4, 0.5) is 28.9 Å². The Hall–Kier alpha value is -3.39. The maximum Gasteiger partial charge on any atom is 0.316 e. The number of benzene rings is 3. The normalized spacial score (nSPS) is 15.6. The molecule has 1 atom stereocenters. The molecule has 0 radical (unpaired) electrons. The molecule has 0 saturated carbocycles. The Kier molecular flexibility index (Phi) is 8.17. The van der Waals surface area contributed by atoms with Crippen LogP contribution < -0.4 is 10.2 Å². The van der Waals surface area contributed by atoms with Crippen molar-refractivity contribution in [2.24, 2.45) is 0 Å². The van der Waals surface area contributed by atoms with E-state index in [1.165, 1.54) is 4.90 Å². The van der Waals surface area contributed by atoms with Gasteiger partial charge in [-0.15, -0.1) is 0 Å². The molecular weight excluding hydrogens is 480 g/mol. The SMILES string of the molecule is Cc1cc(NC2CCN(C(C)N(c3ccccc3C)C(F)F)CC2)ccc1C(=N)c1cc(F)ccc1F. The predicted octanol–water partition coefficient (Wildman–Crippen LogP) is 6.95. The van der Waals surface area contributed by atoms with Gasteiger partial charge in [0.1, 0.15) is 11.6 Å². The molecule has 0 aromatic heterocycles. The number of hydrogen-bond acceptors (Lipinski definition) is 4. The van der Waals surface area contributed by atoms with Gasteiger partial charge in [0.25, 0.3) is 0 Å². The third-order valence-corrected chi connectivity index (χ3v) is 7.13. The summed E-state index contributed by atoms with van der Waals surface area (Å²) in [4.78, 5) is 3.27. The number of anilines is 2. The zero-order valence-corrected chi connectivity index (χ0v) is 21.2. The molecule has 0 aliphatic carbocycles. The molecule has 0 amide bonds. The standard InChI is InChI=1S/C29H32F4N4/c1-18-6-4-5-7-27(18)37(29(32)33)20(3)36-14-12-22(13-15-36)35-23-9-10-24(19(2)16-23)28(34)25-17-21(30)8-11-26(25)31/h4-11,16-17,20,22,29,34-35H,12-15H2,1-3H3. The number of aryl methyl sites for hydroxylation is 2. The monoisotopic (exact) mass is 512 g/mol. The Morgan fingerprint density at radius 3 is 2.30 bits per heavy atom. The first-order chi connectivity index (χ1) is 17.7. The number of hydrogen-bond donors (Lipinski definition) is 2. The summed E-state index contributed by atoms with van der Waals surface area (Å²) < 4.78 is 55.8. The zero-order valence-electron chi connectivity index (χ0n) is 21.2. The largest absolute Gasteiger partial charge is 0.382 e. The highest BCUT2D eigenvalue weighted by atomic mass is 19.3. The average molecular weight is 513 g/mol. The molecule has 1 aliphatic heterocycles. The van der Waals surface area contributed by atoms with Crippen LogP contribution in [0.1, 0.15) is 42.0 Å². The van der Waals surface area contributed by atoms with Crippen molar-refractivity contribution in [2.75, 3.05) is 23.3 Å². The number of para-hydroxylation sites is 1. The van der Waals surface area contributed by atoms with Gasteiger partial charge < -0.3 is 10.2 Å². The molecule has 37 heavy (non-hydrogen) atoms. The van der Waals surface area contributed by atoms with Crippen LogP contribution >= 0.6 is 0 Å². The Morgan fingerprint density at radius 1 is 0.946 bits per heavy atom. The number of piperidine rings is 1. The quantitative estimate of drug-likeness (QED) is 0.195. The van der Waals surface area contributed by atoms with E-state index in [0.29, 0.717) is 24.3 Å². The number of nitrogens with one attached hydrogen (secondary N) is 2. The number of alkyl halides is 2. The highest BCUT2D eigenvalue weighted by Crippen LogP contribution is 2.29. The minimum Gasteiger partial charge on any atom is -0.382 e. The third-order valence-electron chi connectivity index (χ3n) is 7.13. The Balaban J connectivity index is 1.39. The molecule has 1 heterocycles. The molecule has 3 aromatic carbocycles. The molecule has 196 valence electrons. The van der Waals surface area contributed by atoms with E-state index in [1.807, 2.05) is 45.0 Å². The van der Waals surface area contributed by atoms with Gasteiger partial charge in [-0.2, -0.15) is 8.78 Å². The Morgan fingerprint density at radius 2 is 1.65 bits per heavy atom. The molecule has 1 unspecified atom stereocenters. The van der Waals surface area contributed by atoms with E-state index in [-0.39, 0.29) is 17.3 Å². The van der Waals surface area contributed by atoms with Crippen molar-refractivity contribution >= 4 is 17.1 Å². The molecule has 1 saturated heterocycles. The number of rotatable bonds is 8. The number of likely N-dealkylation sites (tertiary alicyclic amines) is 1. The lowest BCUT2D eigenvalue weighted by Crippen LogP contribution is -2.53. The summed E-state index contributed by atoms with van der Waals surface area (Å²) in [7, 11) is 0. The predicted molar refractivity (Wildman–Crippen MR) is 141 cm³/mol. The van der Waals surface area contributed by atoms with Crippen molar-refractivity contribution in [3.63, 3.8) is 0 Å². The lowest BCUT2D eigenvalue weighted by Gasteiger charge is -2.42. The molecule has 8 heteroatoms. The summed E-state index contributed by atoms with van der Waals surface area (Å²) in [6.07, 6.45) is 1.14. The Bertz CT molecular complexity index is 1250. The van der Waals surface area contributed by atoms with Crippen molar-refractivity contribution in [1.29, 1.82) is 5.41 Å². The molecule has 4 rings (SSSR count). The summed E-state index contributed by atoms with van der Waals surface area (Å²) in [5, 5.41) is 11.9. The molecular formula is C29H32F4N4. The fraction of sp³-hybridized carbons (Fsp3) is 0.345. The van der Waals surface area contributed by atoms with Crippen LogP contribution in [0.15, 0.2) is 60.7 Å². The van der Waals surface area contributed by atoms with E-state index in [9.17, 15) is 17.6 Å². The second-order valence-electron chi connectivity index (χ2n) is 9.59. The number of nitrogens with zero attached hydrogens (tertiary/aromatic N) is 2. The maximum atomic E-state index is 14.2. The van der Waals surface area contributed by atoms with Gasteiger partial charge in [-0.05, 0) is 81.1 Å². The summed E-state index contributed by atoms with van der Waals surface area (Å²) in [6, 6.07) is 15.9. The molecule has 1 fully saturated rings. The van der Waals surface area contributed by atoms with Crippen LogP contribution in [-0.4, -0.2) is 42.5 Å². The first-order valence-electron chi connectivity index (χ1n) is 12.4.